The van der Waals surface area contributed by atoms with E-state index in [1.807, 2.05) is 0 Å². The zero-order valence-corrected chi connectivity index (χ0v) is 14.8. The highest BCUT2D eigenvalue weighted by molar-refractivity contribution is 5.98. The van der Waals surface area contributed by atoms with Gasteiger partial charge in [-0.1, -0.05) is 12.1 Å². The molecule has 1 aromatic heterocycles. The lowest BCUT2D eigenvalue weighted by Gasteiger charge is -2.18. The van der Waals surface area contributed by atoms with Gasteiger partial charge in [0.05, 0.1) is 0 Å². The summed E-state index contributed by atoms with van der Waals surface area (Å²) in [6.45, 7) is 2.82. The van der Waals surface area contributed by atoms with Crippen LogP contribution in [0.2, 0.25) is 0 Å². The molecule has 0 radical (unpaired) electrons. The third-order valence-corrected chi connectivity index (χ3v) is 3.47. The molecule has 0 saturated heterocycles. The Bertz CT molecular complexity index is 795. The molecule has 1 heterocycles. The minimum atomic E-state index is -0.992. The third-order valence-electron chi connectivity index (χ3n) is 3.47. The first-order valence-electron chi connectivity index (χ1n) is 7.96. The fourth-order valence-corrected chi connectivity index (χ4v) is 2.10. The van der Waals surface area contributed by atoms with Gasteiger partial charge < -0.3 is 15.0 Å². The van der Waals surface area contributed by atoms with Crippen LogP contribution in [-0.2, 0) is 14.3 Å². The molecule has 0 bridgehead atoms. The van der Waals surface area contributed by atoms with Crippen molar-refractivity contribution in [1.82, 2.24) is 9.97 Å². The van der Waals surface area contributed by atoms with Gasteiger partial charge in [-0.15, -0.1) is 0 Å². The van der Waals surface area contributed by atoms with Gasteiger partial charge in [0.25, 0.3) is 5.91 Å². The molecule has 0 fully saturated rings. The molecule has 26 heavy (non-hydrogen) atoms. The summed E-state index contributed by atoms with van der Waals surface area (Å²) in [7, 11) is 1.65. The molecule has 0 aliphatic heterocycles. The SMILES string of the molecule is CC(=O)c1cccc(NC(=O)C(C)OC(=O)CN(C)c2ncccn2)c1. The van der Waals surface area contributed by atoms with Crippen molar-refractivity contribution in [2.45, 2.75) is 20.0 Å². The van der Waals surface area contributed by atoms with Crippen LogP contribution in [0.15, 0.2) is 42.7 Å². The average molecular weight is 356 g/mol. The van der Waals surface area contributed by atoms with Crippen LogP contribution in [0.25, 0.3) is 0 Å². The lowest BCUT2D eigenvalue weighted by atomic mass is 10.1. The van der Waals surface area contributed by atoms with Crippen molar-refractivity contribution in [3.05, 3.63) is 48.3 Å². The molecule has 2 aromatic rings. The Kier molecular flexibility index (Phi) is 6.37. The van der Waals surface area contributed by atoms with Crippen molar-refractivity contribution < 1.29 is 19.1 Å². The number of ketones is 1. The number of hydrogen-bond acceptors (Lipinski definition) is 7. The molecule has 1 N–H and O–H groups in total. The summed E-state index contributed by atoms with van der Waals surface area (Å²) < 4.78 is 5.14. The van der Waals surface area contributed by atoms with E-state index in [0.29, 0.717) is 17.2 Å². The standard InChI is InChI=1S/C18H20N4O4/c1-12(23)14-6-4-7-15(10-14)21-17(25)13(2)26-16(24)11-22(3)18-19-8-5-9-20-18/h4-10,13H,11H2,1-3H3,(H,21,25). The van der Waals surface area contributed by atoms with Gasteiger partial charge in [0.15, 0.2) is 11.9 Å². The fourth-order valence-electron chi connectivity index (χ4n) is 2.10. The Labute approximate surface area is 151 Å². The van der Waals surface area contributed by atoms with Crippen molar-refractivity contribution in [3.8, 4) is 0 Å². The Hall–Kier alpha value is -3.29. The summed E-state index contributed by atoms with van der Waals surface area (Å²) in [5.74, 6) is -0.799. The average Bonchev–Trinajstić information content (AvgIpc) is 2.62. The van der Waals surface area contributed by atoms with E-state index in [2.05, 4.69) is 15.3 Å². The molecule has 8 nitrogen and oxygen atoms in total. The lowest BCUT2D eigenvalue weighted by Crippen LogP contribution is -2.35. The van der Waals surface area contributed by atoms with E-state index in [4.69, 9.17) is 4.74 Å². The molecular weight excluding hydrogens is 336 g/mol. The number of aromatic nitrogens is 2. The van der Waals surface area contributed by atoms with Gasteiger partial charge in [0.1, 0.15) is 6.54 Å². The topological polar surface area (TPSA) is 101 Å². The second-order valence-electron chi connectivity index (χ2n) is 5.66. The minimum Gasteiger partial charge on any atom is -0.451 e. The van der Waals surface area contributed by atoms with Gasteiger partial charge in [0, 0.05) is 30.7 Å². The first-order valence-corrected chi connectivity index (χ1v) is 7.96. The van der Waals surface area contributed by atoms with Gasteiger partial charge in [-0.2, -0.15) is 0 Å². The van der Waals surface area contributed by atoms with Gasteiger partial charge in [-0.3, -0.25) is 14.4 Å². The van der Waals surface area contributed by atoms with Crippen LogP contribution >= 0.6 is 0 Å². The number of anilines is 2. The second-order valence-corrected chi connectivity index (χ2v) is 5.66. The smallest absolute Gasteiger partial charge is 0.326 e. The molecule has 0 saturated carbocycles. The number of hydrogen-bond donors (Lipinski definition) is 1. The summed E-state index contributed by atoms with van der Waals surface area (Å²) in [4.78, 5) is 45.1. The van der Waals surface area contributed by atoms with Crippen LogP contribution in [0, 0.1) is 0 Å². The number of nitrogens with one attached hydrogen (secondary N) is 1. The molecule has 0 aliphatic rings. The van der Waals surface area contributed by atoms with Crippen LogP contribution in [0.4, 0.5) is 11.6 Å². The summed E-state index contributed by atoms with van der Waals surface area (Å²) in [5, 5.41) is 2.62. The Balaban J connectivity index is 1.89. The van der Waals surface area contributed by atoms with E-state index in [1.54, 1.807) is 49.8 Å². The highest BCUT2D eigenvalue weighted by Gasteiger charge is 2.19. The number of benzene rings is 1. The summed E-state index contributed by atoms with van der Waals surface area (Å²) >= 11 is 0. The Morgan fingerprint density at radius 1 is 1.19 bits per heavy atom. The first-order chi connectivity index (χ1) is 12.4. The van der Waals surface area contributed by atoms with E-state index in [0.717, 1.165) is 0 Å². The molecule has 8 heteroatoms. The van der Waals surface area contributed by atoms with E-state index >= 15 is 0 Å². The zero-order valence-electron chi connectivity index (χ0n) is 14.8. The number of nitrogens with zero attached hydrogens (tertiary/aromatic N) is 3. The molecule has 1 unspecified atom stereocenters. The molecule has 2 rings (SSSR count). The number of carbonyl (C=O) groups is 3. The molecule has 0 spiro atoms. The summed E-state index contributed by atoms with van der Waals surface area (Å²) in [5.41, 5.74) is 0.942. The van der Waals surface area contributed by atoms with E-state index in [-0.39, 0.29) is 12.3 Å². The van der Waals surface area contributed by atoms with Gasteiger partial charge in [0.2, 0.25) is 5.95 Å². The van der Waals surface area contributed by atoms with E-state index < -0.39 is 18.0 Å². The van der Waals surface area contributed by atoms with Crippen molar-refractivity contribution in [2.75, 3.05) is 23.8 Å². The Morgan fingerprint density at radius 3 is 2.54 bits per heavy atom. The normalized spacial score (nSPS) is 11.3. The van der Waals surface area contributed by atoms with Gasteiger partial charge >= 0.3 is 5.97 Å². The molecule has 1 atom stereocenters. The second kappa shape index (κ2) is 8.70. The lowest BCUT2D eigenvalue weighted by molar-refractivity contribution is -0.151. The first kappa shape index (κ1) is 19.0. The number of amides is 1. The molecule has 1 amide bonds. The Morgan fingerprint density at radius 2 is 1.88 bits per heavy atom. The number of ether oxygens (including phenoxy) is 1. The maximum atomic E-state index is 12.2. The van der Waals surface area contributed by atoms with Gasteiger partial charge in [-0.05, 0) is 32.0 Å². The minimum absolute atomic E-state index is 0.0958. The van der Waals surface area contributed by atoms with Crippen molar-refractivity contribution >= 4 is 29.3 Å². The molecule has 0 aliphatic carbocycles. The molecule has 136 valence electrons. The predicted molar refractivity (Wildman–Crippen MR) is 95.9 cm³/mol. The maximum absolute atomic E-state index is 12.2. The number of Topliss-reactive ketones (excluding diaryl/α,β-unsaturated/α-hetero) is 1. The van der Waals surface area contributed by atoms with Crippen LogP contribution in [0.1, 0.15) is 24.2 Å². The fraction of sp³-hybridized carbons (Fsp3) is 0.278. The summed E-state index contributed by atoms with van der Waals surface area (Å²) in [6.07, 6.45) is 2.14. The number of rotatable bonds is 7. The van der Waals surface area contributed by atoms with Crippen LogP contribution < -0.4 is 10.2 Å². The molecular formula is C18H20N4O4. The number of esters is 1. The van der Waals surface area contributed by atoms with E-state index in [9.17, 15) is 14.4 Å². The van der Waals surface area contributed by atoms with Crippen LogP contribution in [0.5, 0.6) is 0 Å². The summed E-state index contributed by atoms with van der Waals surface area (Å²) in [6, 6.07) is 8.21. The predicted octanol–water partition coefficient (Wildman–Crippen LogP) is 1.69. The third kappa shape index (κ3) is 5.37. The van der Waals surface area contributed by atoms with Crippen LogP contribution in [-0.4, -0.2) is 47.3 Å². The maximum Gasteiger partial charge on any atom is 0.326 e. The molecule has 1 aromatic carbocycles. The van der Waals surface area contributed by atoms with Crippen molar-refractivity contribution in [1.29, 1.82) is 0 Å². The number of likely N-dealkylation sites (N-methyl/N-ethyl adjacent to an activating group) is 1. The monoisotopic (exact) mass is 356 g/mol. The highest BCUT2D eigenvalue weighted by Crippen LogP contribution is 2.12. The van der Waals surface area contributed by atoms with Crippen molar-refractivity contribution in [2.24, 2.45) is 0 Å². The zero-order chi connectivity index (χ0) is 19.1. The number of carbonyl (C=O) groups excluding carboxylic acids is 3. The van der Waals surface area contributed by atoms with Crippen LogP contribution in [0.3, 0.4) is 0 Å². The van der Waals surface area contributed by atoms with Crippen molar-refractivity contribution in [3.63, 3.8) is 0 Å². The quantitative estimate of drug-likeness (QED) is 0.595. The van der Waals surface area contributed by atoms with Gasteiger partial charge in [-0.25, -0.2) is 9.97 Å². The highest BCUT2D eigenvalue weighted by atomic mass is 16.5. The van der Waals surface area contributed by atoms with E-state index in [1.165, 1.54) is 18.7 Å². The largest absolute Gasteiger partial charge is 0.451 e.